The van der Waals surface area contributed by atoms with Gasteiger partial charge in [-0.15, -0.1) is 22.7 Å². The molecule has 2 fully saturated rings. The van der Waals surface area contributed by atoms with Crippen molar-refractivity contribution < 1.29 is 22.8 Å². The summed E-state index contributed by atoms with van der Waals surface area (Å²) in [6.07, 6.45) is -2.76. The van der Waals surface area contributed by atoms with Crippen molar-refractivity contribution in [3.8, 4) is 10.6 Å². The SMILES string of the molecule is Cc1nc(-c2ccc(C(F)(F)F)cc2)sc1C(=O)N1CC(N2CCN(C(=O)c3nccs3)CC2)C1. The summed E-state index contributed by atoms with van der Waals surface area (Å²) in [6.45, 7) is 5.72. The number of thiazole rings is 2. The third-order valence-electron chi connectivity index (χ3n) is 6.33. The van der Waals surface area contributed by atoms with Gasteiger partial charge in [-0.3, -0.25) is 14.5 Å². The number of amides is 2. The summed E-state index contributed by atoms with van der Waals surface area (Å²) in [5.41, 5.74) is 0.412. The number of aryl methyl sites for hydroxylation is 1. The van der Waals surface area contributed by atoms with E-state index in [0.717, 1.165) is 25.2 Å². The summed E-state index contributed by atoms with van der Waals surface area (Å²) >= 11 is 2.55. The van der Waals surface area contributed by atoms with Gasteiger partial charge < -0.3 is 9.80 Å². The highest BCUT2D eigenvalue weighted by atomic mass is 32.1. The molecule has 12 heteroatoms. The third-order valence-corrected chi connectivity index (χ3v) is 8.29. The van der Waals surface area contributed by atoms with E-state index in [4.69, 9.17) is 0 Å². The van der Waals surface area contributed by atoms with E-state index in [0.29, 0.717) is 52.3 Å². The van der Waals surface area contributed by atoms with Crippen LogP contribution in [0.5, 0.6) is 0 Å². The van der Waals surface area contributed by atoms with Gasteiger partial charge in [0.2, 0.25) is 0 Å². The summed E-state index contributed by atoms with van der Waals surface area (Å²) in [5.74, 6) is -0.137. The van der Waals surface area contributed by atoms with Crippen LogP contribution in [0.15, 0.2) is 35.8 Å². The maximum absolute atomic E-state index is 13.0. The maximum Gasteiger partial charge on any atom is 0.416 e. The van der Waals surface area contributed by atoms with E-state index < -0.39 is 11.7 Å². The lowest BCUT2D eigenvalue weighted by atomic mass is 10.1. The number of alkyl halides is 3. The van der Waals surface area contributed by atoms with Crippen LogP contribution in [0.25, 0.3) is 10.6 Å². The van der Waals surface area contributed by atoms with E-state index >= 15 is 0 Å². The molecule has 0 saturated carbocycles. The van der Waals surface area contributed by atoms with Gasteiger partial charge >= 0.3 is 6.18 Å². The molecule has 0 spiro atoms. The van der Waals surface area contributed by atoms with E-state index in [1.165, 1.54) is 34.8 Å². The summed E-state index contributed by atoms with van der Waals surface area (Å²) in [7, 11) is 0. The molecule has 2 aromatic heterocycles. The molecular weight excluding hydrogens is 499 g/mol. The Bertz CT molecular complexity index is 1210. The zero-order valence-corrected chi connectivity index (χ0v) is 20.4. The van der Waals surface area contributed by atoms with Crippen molar-refractivity contribution in [3.63, 3.8) is 0 Å². The molecule has 4 heterocycles. The normalized spacial score (nSPS) is 17.5. The zero-order chi connectivity index (χ0) is 24.7. The van der Waals surface area contributed by atoms with Gasteiger partial charge in [-0.1, -0.05) is 12.1 Å². The number of halogens is 3. The van der Waals surface area contributed by atoms with E-state index in [2.05, 4.69) is 14.9 Å². The highest BCUT2D eigenvalue weighted by Crippen LogP contribution is 2.34. The van der Waals surface area contributed by atoms with Crippen molar-refractivity contribution in [3.05, 3.63) is 57.0 Å². The molecule has 2 aliphatic heterocycles. The molecule has 184 valence electrons. The van der Waals surface area contributed by atoms with Gasteiger partial charge in [0.1, 0.15) is 9.88 Å². The number of piperazine rings is 1. The van der Waals surface area contributed by atoms with E-state index in [-0.39, 0.29) is 17.9 Å². The van der Waals surface area contributed by atoms with Gasteiger partial charge in [0.05, 0.1) is 11.3 Å². The standard InChI is InChI=1S/C23H22F3N5O2S2/c1-14-18(35-19(28-14)15-2-4-16(5-3-15)23(24,25)26)21(32)31-12-17(13-31)29-7-9-30(10-8-29)22(33)20-27-6-11-34-20/h2-6,11,17H,7-10,12-13H2,1H3. The number of rotatable bonds is 4. The fourth-order valence-electron chi connectivity index (χ4n) is 4.27. The second-order valence-corrected chi connectivity index (χ2v) is 10.4. The van der Waals surface area contributed by atoms with Crippen LogP contribution in [0.1, 0.15) is 30.7 Å². The molecule has 0 atom stereocenters. The Labute approximate surface area is 207 Å². The van der Waals surface area contributed by atoms with E-state index in [1.54, 1.807) is 23.4 Å². The lowest BCUT2D eigenvalue weighted by Gasteiger charge is -2.47. The van der Waals surface area contributed by atoms with Crippen LogP contribution in [0.4, 0.5) is 13.2 Å². The molecule has 2 saturated heterocycles. The number of carbonyl (C=O) groups excluding carboxylic acids is 2. The molecule has 0 radical (unpaired) electrons. The lowest BCUT2D eigenvalue weighted by Crippen LogP contribution is -2.64. The first-order chi connectivity index (χ1) is 16.7. The van der Waals surface area contributed by atoms with Crippen LogP contribution < -0.4 is 0 Å². The van der Waals surface area contributed by atoms with Crippen LogP contribution in [-0.2, 0) is 6.18 Å². The maximum atomic E-state index is 13.0. The average Bonchev–Trinajstić information content (AvgIpc) is 3.48. The van der Waals surface area contributed by atoms with Gasteiger partial charge in [0.25, 0.3) is 11.8 Å². The first-order valence-corrected chi connectivity index (χ1v) is 12.8. The minimum absolute atomic E-state index is 0.0328. The minimum atomic E-state index is -4.39. The Morgan fingerprint density at radius 2 is 1.69 bits per heavy atom. The molecular formula is C23H22F3N5O2S2. The molecule has 1 aromatic carbocycles. The Kier molecular flexibility index (Phi) is 6.36. The van der Waals surface area contributed by atoms with E-state index in [1.807, 2.05) is 4.90 Å². The van der Waals surface area contributed by atoms with Crippen LogP contribution in [0, 0.1) is 6.92 Å². The number of carbonyl (C=O) groups is 2. The number of hydrogen-bond donors (Lipinski definition) is 0. The Balaban J connectivity index is 1.16. The monoisotopic (exact) mass is 521 g/mol. The number of hydrogen-bond acceptors (Lipinski definition) is 7. The summed E-state index contributed by atoms with van der Waals surface area (Å²) in [4.78, 5) is 40.4. The Morgan fingerprint density at radius 3 is 2.29 bits per heavy atom. The van der Waals surface area contributed by atoms with Gasteiger partial charge in [0.15, 0.2) is 5.01 Å². The first kappa shape index (κ1) is 23.9. The molecule has 7 nitrogen and oxygen atoms in total. The Morgan fingerprint density at radius 1 is 1.00 bits per heavy atom. The van der Waals surface area contributed by atoms with Crippen LogP contribution in [0.2, 0.25) is 0 Å². The number of nitrogens with zero attached hydrogens (tertiary/aromatic N) is 5. The topological polar surface area (TPSA) is 69.6 Å². The van der Waals surface area contributed by atoms with Crippen LogP contribution in [0.3, 0.4) is 0 Å². The first-order valence-electron chi connectivity index (χ1n) is 11.1. The number of aromatic nitrogens is 2. The highest BCUT2D eigenvalue weighted by molar-refractivity contribution is 7.17. The third kappa shape index (κ3) is 4.82. The van der Waals surface area contributed by atoms with Gasteiger partial charge in [-0.05, 0) is 19.1 Å². The summed E-state index contributed by atoms with van der Waals surface area (Å²) in [6, 6.07) is 5.07. The molecule has 0 unspecified atom stereocenters. The van der Waals surface area contributed by atoms with Crippen molar-refractivity contribution in [2.24, 2.45) is 0 Å². The molecule has 3 aromatic rings. The molecule has 2 amide bonds. The number of likely N-dealkylation sites (tertiary alicyclic amines) is 1. The Hall–Kier alpha value is -2.83. The van der Waals surface area contributed by atoms with Gasteiger partial charge in [-0.25, -0.2) is 9.97 Å². The van der Waals surface area contributed by atoms with Crippen molar-refractivity contribution in [2.75, 3.05) is 39.3 Å². The number of benzene rings is 1. The quantitative estimate of drug-likeness (QED) is 0.521. The van der Waals surface area contributed by atoms with Crippen molar-refractivity contribution in [1.82, 2.24) is 24.7 Å². The van der Waals surface area contributed by atoms with Crippen LogP contribution >= 0.6 is 22.7 Å². The minimum Gasteiger partial charge on any atom is -0.335 e. The van der Waals surface area contributed by atoms with Crippen molar-refractivity contribution in [2.45, 2.75) is 19.1 Å². The van der Waals surface area contributed by atoms with Crippen LogP contribution in [-0.4, -0.2) is 81.8 Å². The highest BCUT2D eigenvalue weighted by Gasteiger charge is 2.38. The molecule has 5 rings (SSSR count). The molecule has 0 aliphatic carbocycles. The molecule has 0 N–H and O–H groups in total. The fraction of sp³-hybridized carbons (Fsp3) is 0.391. The second-order valence-electron chi connectivity index (χ2n) is 8.54. The van der Waals surface area contributed by atoms with Gasteiger partial charge in [0, 0.05) is 62.5 Å². The zero-order valence-electron chi connectivity index (χ0n) is 18.8. The smallest absolute Gasteiger partial charge is 0.335 e. The second kappa shape index (κ2) is 9.32. The lowest BCUT2D eigenvalue weighted by molar-refractivity contribution is -0.137. The molecule has 35 heavy (non-hydrogen) atoms. The van der Waals surface area contributed by atoms with Crippen molar-refractivity contribution >= 4 is 34.5 Å². The predicted molar refractivity (Wildman–Crippen MR) is 127 cm³/mol. The average molecular weight is 522 g/mol. The van der Waals surface area contributed by atoms with E-state index in [9.17, 15) is 22.8 Å². The fourth-order valence-corrected chi connectivity index (χ4v) is 5.91. The summed E-state index contributed by atoms with van der Waals surface area (Å²) in [5, 5.41) is 2.83. The predicted octanol–water partition coefficient (Wildman–Crippen LogP) is 3.88. The summed E-state index contributed by atoms with van der Waals surface area (Å²) < 4.78 is 38.5. The largest absolute Gasteiger partial charge is 0.416 e. The molecule has 2 aliphatic rings. The molecule has 0 bridgehead atoms. The van der Waals surface area contributed by atoms with Gasteiger partial charge in [-0.2, -0.15) is 13.2 Å². The van der Waals surface area contributed by atoms with Crippen molar-refractivity contribution in [1.29, 1.82) is 0 Å².